The number of hydrogen-bond donors (Lipinski definition) is 1. The molecule has 0 radical (unpaired) electrons. The van der Waals surface area contributed by atoms with E-state index in [0.717, 1.165) is 25.9 Å². The van der Waals surface area contributed by atoms with Crippen molar-refractivity contribution < 1.29 is 14.3 Å². The molecule has 1 aliphatic heterocycles. The van der Waals surface area contributed by atoms with E-state index in [1.54, 1.807) is 7.11 Å². The summed E-state index contributed by atoms with van der Waals surface area (Å²) in [5.74, 6) is 1.73. The smallest absolute Gasteiger partial charge is 0.260 e. The molecule has 3 aromatic rings. The zero-order valence-electron chi connectivity index (χ0n) is 16.4. The largest absolute Gasteiger partial charge is 0.493 e. The van der Waals surface area contributed by atoms with Gasteiger partial charge in [0.2, 0.25) is 0 Å². The Labute approximate surface area is 165 Å². The van der Waals surface area contributed by atoms with Crippen LogP contribution < -0.4 is 9.47 Å². The maximum Gasteiger partial charge on any atom is 0.260 e. The summed E-state index contributed by atoms with van der Waals surface area (Å²) >= 11 is 0. The van der Waals surface area contributed by atoms with Gasteiger partial charge in [-0.25, -0.2) is 0 Å². The number of aromatic nitrogens is 1. The Morgan fingerprint density at radius 1 is 1.11 bits per heavy atom. The topological polar surface area (TPSA) is 54.6 Å². The van der Waals surface area contributed by atoms with Crippen LogP contribution in [-0.2, 0) is 4.79 Å². The van der Waals surface area contributed by atoms with Gasteiger partial charge in [-0.3, -0.25) is 4.79 Å². The Kier molecular flexibility index (Phi) is 5.24. The highest BCUT2D eigenvalue weighted by molar-refractivity contribution is 5.81. The van der Waals surface area contributed by atoms with E-state index in [1.165, 1.54) is 22.2 Å². The van der Waals surface area contributed by atoms with Gasteiger partial charge in [0.05, 0.1) is 7.11 Å². The molecule has 1 aliphatic rings. The number of nitrogens with zero attached hydrogens (tertiary/aromatic N) is 1. The van der Waals surface area contributed by atoms with Crippen molar-refractivity contribution in [2.24, 2.45) is 0 Å². The number of likely N-dealkylation sites (tertiary alicyclic amines) is 1. The molecule has 1 amide bonds. The molecule has 5 nitrogen and oxygen atoms in total. The fourth-order valence-electron chi connectivity index (χ4n) is 3.90. The number of rotatable bonds is 5. The summed E-state index contributed by atoms with van der Waals surface area (Å²) in [5.41, 5.74) is 3.73. The minimum absolute atomic E-state index is 0.0247. The molecule has 0 atom stereocenters. The molecule has 4 rings (SSSR count). The minimum atomic E-state index is 0.0247. The number of H-pyrrole nitrogens is 1. The second kappa shape index (κ2) is 7.97. The number of carbonyl (C=O) groups excluding carboxylic acids is 1. The van der Waals surface area contributed by atoms with Gasteiger partial charge in [-0.15, -0.1) is 0 Å². The summed E-state index contributed by atoms with van der Waals surface area (Å²) in [4.78, 5) is 18.0. The molecule has 0 unspecified atom stereocenters. The number of aryl methyl sites for hydroxylation is 1. The van der Waals surface area contributed by atoms with Crippen molar-refractivity contribution in [1.82, 2.24) is 9.88 Å². The van der Waals surface area contributed by atoms with Crippen LogP contribution in [0.25, 0.3) is 10.9 Å². The summed E-state index contributed by atoms with van der Waals surface area (Å²) < 4.78 is 10.9. The van der Waals surface area contributed by atoms with Crippen LogP contribution >= 0.6 is 0 Å². The van der Waals surface area contributed by atoms with Crippen LogP contribution in [0, 0.1) is 6.92 Å². The third-order valence-corrected chi connectivity index (χ3v) is 5.50. The van der Waals surface area contributed by atoms with Crippen molar-refractivity contribution in [3.63, 3.8) is 0 Å². The first-order chi connectivity index (χ1) is 13.6. The third-order valence-electron chi connectivity index (χ3n) is 5.50. The average molecular weight is 378 g/mol. The lowest BCUT2D eigenvalue weighted by molar-refractivity contribution is -0.134. The number of para-hydroxylation sites is 2. The number of nitrogens with one attached hydrogen (secondary N) is 1. The monoisotopic (exact) mass is 378 g/mol. The molecule has 0 aliphatic carbocycles. The van der Waals surface area contributed by atoms with Crippen LogP contribution in [0.5, 0.6) is 11.5 Å². The van der Waals surface area contributed by atoms with E-state index in [0.29, 0.717) is 17.4 Å². The van der Waals surface area contributed by atoms with E-state index in [9.17, 15) is 4.79 Å². The zero-order valence-corrected chi connectivity index (χ0v) is 16.4. The Morgan fingerprint density at radius 2 is 1.86 bits per heavy atom. The van der Waals surface area contributed by atoms with E-state index in [2.05, 4.69) is 36.2 Å². The van der Waals surface area contributed by atoms with Crippen molar-refractivity contribution in [3.05, 3.63) is 59.8 Å². The molecule has 1 fully saturated rings. The van der Waals surface area contributed by atoms with Crippen molar-refractivity contribution in [2.45, 2.75) is 25.7 Å². The number of benzene rings is 2. The van der Waals surface area contributed by atoms with Gasteiger partial charge in [0, 0.05) is 30.2 Å². The van der Waals surface area contributed by atoms with Crippen LogP contribution in [0.2, 0.25) is 0 Å². The lowest BCUT2D eigenvalue weighted by Gasteiger charge is -2.31. The van der Waals surface area contributed by atoms with Crippen molar-refractivity contribution in [2.75, 3.05) is 26.8 Å². The highest BCUT2D eigenvalue weighted by Gasteiger charge is 2.25. The number of ether oxygens (including phenoxy) is 2. The predicted molar refractivity (Wildman–Crippen MR) is 110 cm³/mol. The molecule has 0 spiro atoms. The van der Waals surface area contributed by atoms with E-state index in [-0.39, 0.29) is 12.5 Å². The molecule has 1 saturated heterocycles. The molecule has 28 heavy (non-hydrogen) atoms. The molecular weight excluding hydrogens is 352 g/mol. The summed E-state index contributed by atoms with van der Waals surface area (Å²) in [7, 11) is 1.60. The third kappa shape index (κ3) is 3.84. The number of carbonyl (C=O) groups is 1. The number of aromatic amines is 1. The van der Waals surface area contributed by atoms with Gasteiger partial charge in [-0.2, -0.15) is 0 Å². The number of hydrogen-bond acceptors (Lipinski definition) is 3. The SMILES string of the molecule is COc1ccccc1OCC(=O)N1CCC(c2cc3cc(C)ccc3[nH]2)CC1. The maximum absolute atomic E-state index is 12.5. The molecule has 0 saturated carbocycles. The summed E-state index contributed by atoms with van der Waals surface area (Å²) in [6, 6.07) is 16.1. The van der Waals surface area contributed by atoms with Gasteiger partial charge in [-0.05, 0) is 55.5 Å². The van der Waals surface area contributed by atoms with Gasteiger partial charge in [0.1, 0.15) is 0 Å². The lowest BCUT2D eigenvalue weighted by Crippen LogP contribution is -2.40. The fraction of sp³-hybridized carbons (Fsp3) is 0.348. The average Bonchev–Trinajstić information content (AvgIpc) is 3.15. The van der Waals surface area contributed by atoms with Crippen molar-refractivity contribution in [3.8, 4) is 11.5 Å². The molecule has 146 valence electrons. The molecule has 1 N–H and O–H groups in total. The molecular formula is C23H26N2O3. The van der Waals surface area contributed by atoms with Gasteiger partial charge >= 0.3 is 0 Å². The lowest BCUT2D eigenvalue weighted by atomic mass is 9.93. The second-order valence-electron chi connectivity index (χ2n) is 7.41. The zero-order chi connectivity index (χ0) is 19.5. The maximum atomic E-state index is 12.5. The van der Waals surface area contributed by atoms with Gasteiger partial charge in [0.15, 0.2) is 18.1 Å². The highest BCUT2D eigenvalue weighted by atomic mass is 16.5. The molecule has 2 aromatic carbocycles. The molecule has 1 aromatic heterocycles. The van der Waals surface area contributed by atoms with Crippen LogP contribution in [0.1, 0.15) is 30.0 Å². The van der Waals surface area contributed by atoms with Crippen LogP contribution in [0.3, 0.4) is 0 Å². The number of piperidine rings is 1. The highest BCUT2D eigenvalue weighted by Crippen LogP contribution is 2.30. The van der Waals surface area contributed by atoms with Crippen LogP contribution in [0.15, 0.2) is 48.5 Å². The van der Waals surface area contributed by atoms with E-state index in [1.807, 2.05) is 29.2 Å². The Hall–Kier alpha value is -2.95. The van der Waals surface area contributed by atoms with Crippen LogP contribution in [-0.4, -0.2) is 42.6 Å². The Morgan fingerprint density at radius 3 is 2.61 bits per heavy atom. The number of fused-ring (bicyclic) bond motifs is 1. The molecule has 2 heterocycles. The predicted octanol–water partition coefficient (Wildman–Crippen LogP) is 4.27. The summed E-state index contributed by atoms with van der Waals surface area (Å²) in [5, 5.41) is 1.26. The Balaban J connectivity index is 1.33. The minimum Gasteiger partial charge on any atom is -0.493 e. The molecule has 0 bridgehead atoms. The van der Waals surface area contributed by atoms with Gasteiger partial charge < -0.3 is 19.4 Å². The second-order valence-corrected chi connectivity index (χ2v) is 7.41. The van der Waals surface area contributed by atoms with E-state index in [4.69, 9.17) is 9.47 Å². The van der Waals surface area contributed by atoms with Gasteiger partial charge in [-0.1, -0.05) is 23.8 Å². The molecule has 5 heteroatoms. The fourth-order valence-corrected chi connectivity index (χ4v) is 3.90. The standard InChI is InChI=1S/C23H26N2O3/c1-16-7-8-19-18(13-16)14-20(24-19)17-9-11-25(12-10-17)23(26)15-28-22-6-4-3-5-21(22)27-2/h3-8,13-14,17,24H,9-12,15H2,1-2H3. The van der Waals surface area contributed by atoms with E-state index >= 15 is 0 Å². The summed E-state index contributed by atoms with van der Waals surface area (Å²) in [6.07, 6.45) is 1.93. The Bertz CT molecular complexity index is 971. The normalized spacial score (nSPS) is 15.0. The first-order valence-corrected chi connectivity index (χ1v) is 9.77. The first-order valence-electron chi connectivity index (χ1n) is 9.77. The first kappa shape index (κ1) is 18.4. The quantitative estimate of drug-likeness (QED) is 0.721. The number of amides is 1. The van der Waals surface area contributed by atoms with Crippen molar-refractivity contribution in [1.29, 1.82) is 0 Å². The summed E-state index contributed by atoms with van der Waals surface area (Å²) in [6.45, 7) is 3.67. The van der Waals surface area contributed by atoms with Crippen LogP contribution in [0.4, 0.5) is 0 Å². The van der Waals surface area contributed by atoms with Gasteiger partial charge in [0.25, 0.3) is 5.91 Å². The van der Waals surface area contributed by atoms with Crippen molar-refractivity contribution >= 4 is 16.8 Å². The number of methoxy groups -OCH3 is 1. The van der Waals surface area contributed by atoms with E-state index < -0.39 is 0 Å².